The van der Waals surface area contributed by atoms with Crippen molar-refractivity contribution in [3.8, 4) is 0 Å². The van der Waals surface area contributed by atoms with Crippen molar-refractivity contribution >= 4 is 0 Å². The molecule has 1 aliphatic rings. The number of aliphatic hydroxyl groups is 2. The summed E-state index contributed by atoms with van der Waals surface area (Å²) in [7, 11) is 0. The SMILES string of the molecule is Cc1cn[c]nc1C1(O)CCC1O. The minimum Gasteiger partial charge on any atom is -0.390 e. The lowest BCUT2D eigenvalue weighted by Crippen LogP contribution is -2.49. The average Bonchev–Trinajstić information content (AvgIpc) is 2.15. The van der Waals surface area contributed by atoms with Gasteiger partial charge in [-0.15, -0.1) is 0 Å². The monoisotopic (exact) mass is 179 g/mol. The van der Waals surface area contributed by atoms with Gasteiger partial charge in [0, 0.05) is 6.20 Å². The molecule has 2 unspecified atom stereocenters. The van der Waals surface area contributed by atoms with Gasteiger partial charge in [-0.1, -0.05) is 0 Å². The predicted octanol–water partition coefficient (Wildman–Crippen LogP) is -0.0725. The van der Waals surface area contributed by atoms with E-state index in [-0.39, 0.29) is 0 Å². The molecule has 1 aliphatic carbocycles. The van der Waals surface area contributed by atoms with Crippen LogP contribution in [0.15, 0.2) is 6.20 Å². The van der Waals surface area contributed by atoms with Crippen molar-refractivity contribution in [3.63, 3.8) is 0 Å². The predicted molar refractivity (Wildman–Crippen MR) is 44.7 cm³/mol. The minimum atomic E-state index is -1.16. The van der Waals surface area contributed by atoms with E-state index in [1.807, 2.05) is 6.92 Å². The van der Waals surface area contributed by atoms with Crippen LogP contribution in [0.25, 0.3) is 0 Å². The van der Waals surface area contributed by atoms with Gasteiger partial charge >= 0.3 is 0 Å². The average molecular weight is 179 g/mol. The molecule has 0 saturated heterocycles. The highest BCUT2D eigenvalue weighted by Crippen LogP contribution is 2.41. The maximum atomic E-state index is 9.97. The van der Waals surface area contributed by atoms with Gasteiger partial charge in [0.2, 0.25) is 0 Å². The summed E-state index contributed by atoms with van der Waals surface area (Å²) in [5.41, 5.74) is 0.130. The van der Waals surface area contributed by atoms with Gasteiger partial charge in [0.25, 0.3) is 0 Å². The summed E-state index contributed by atoms with van der Waals surface area (Å²) >= 11 is 0. The van der Waals surface area contributed by atoms with E-state index in [1.165, 1.54) is 0 Å². The van der Waals surface area contributed by atoms with E-state index in [9.17, 15) is 10.2 Å². The van der Waals surface area contributed by atoms with E-state index in [4.69, 9.17) is 0 Å². The van der Waals surface area contributed by atoms with Crippen LogP contribution in [-0.4, -0.2) is 26.3 Å². The van der Waals surface area contributed by atoms with Crippen LogP contribution in [-0.2, 0) is 5.60 Å². The number of nitrogens with zero attached hydrogens (tertiary/aromatic N) is 2. The molecule has 0 bridgehead atoms. The van der Waals surface area contributed by atoms with Crippen LogP contribution in [0.1, 0.15) is 24.1 Å². The molecular weight excluding hydrogens is 168 g/mol. The van der Waals surface area contributed by atoms with Gasteiger partial charge in [-0.3, -0.25) is 0 Å². The summed E-state index contributed by atoms with van der Waals surface area (Å²) in [5.74, 6) is 0. The second-order valence-corrected chi connectivity index (χ2v) is 3.48. The molecule has 4 nitrogen and oxygen atoms in total. The number of aliphatic hydroxyl groups excluding tert-OH is 1. The zero-order valence-electron chi connectivity index (χ0n) is 7.36. The Kier molecular flexibility index (Phi) is 1.82. The molecule has 1 heterocycles. The Morgan fingerprint density at radius 1 is 1.69 bits per heavy atom. The third kappa shape index (κ3) is 1.14. The van der Waals surface area contributed by atoms with Crippen molar-refractivity contribution in [1.29, 1.82) is 0 Å². The zero-order chi connectivity index (χ0) is 9.47. The molecular formula is C9H11N2O2. The van der Waals surface area contributed by atoms with E-state index in [0.717, 1.165) is 5.56 Å². The van der Waals surface area contributed by atoms with Crippen molar-refractivity contribution in [2.24, 2.45) is 0 Å². The Morgan fingerprint density at radius 2 is 2.46 bits per heavy atom. The summed E-state index contributed by atoms with van der Waals surface area (Å²) < 4.78 is 0. The first-order valence-corrected chi connectivity index (χ1v) is 4.25. The van der Waals surface area contributed by atoms with Crippen LogP contribution < -0.4 is 0 Å². The van der Waals surface area contributed by atoms with E-state index in [1.54, 1.807) is 6.20 Å². The fourth-order valence-corrected chi connectivity index (χ4v) is 1.62. The maximum absolute atomic E-state index is 9.97. The molecule has 4 heteroatoms. The van der Waals surface area contributed by atoms with Crippen LogP contribution in [0.3, 0.4) is 0 Å². The van der Waals surface area contributed by atoms with Gasteiger partial charge in [-0.25, -0.2) is 9.97 Å². The summed E-state index contributed by atoms with van der Waals surface area (Å²) in [6, 6.07) is 0. The Hall–Kier alpha value is -1.00. The molecule has 0 amide bonds. The molecule has 0 aromatic carbocycles. The molecule has 0 aliphatic heterocycles. The minimum absolute atomic E-state index is 0.501. The van der Waals surface area contributed by atoms with Crippen molar-refractivity contribution in [1.82, 2.24) is 9.97 Å². The van der Waals surface area contributed by atoms with Crippen molar-refractivity contribution in [2.45, 2.75) is 31.5 Å². The molecule has 1 aromatic rings. The lowest BCUT2D eigenvalue weighted by molar-refractivity contribution is -0.154. The quantitative estimate of drug-likeness (QED) is 0.633. The molecule has 2 N–H and O–H groups in total. The second kappa shape index (κ2) is 2.75. The van der Waals surface area contributed by atoms with Gasteiger partial charge in [0.1, 0.15) is 5.60 Å². The molecule has 1 aromatic heterocycles. The van der Waals surface area contributed by atoms with Gasteiger partial charge in [-0.05, 0) is 25.3 Å². The summed E-state index contributed by atoms with van der Waals surface area (Å²) in [6.45, 7) is 1.81. The molecule has 1 fully saturated rings. The van der Waals surface area contributed by atoms with Crippen molar-refractivity contribution in [3.05, 3.63) is 23.8 Å². The van der Waals surface area contributed by atoms with Crippen LogP contribution in [0, 0.1) is 13.3 Å². The smallest absolute Gasteiger partial charge is 0.198 e. The molecule has 1 radical (unpaired) electrons. The highest BCUT2D eigenvalue weighted by molar-refractivity contribution is 5.25. The third-order valence-electron chi connectivity index (χ3n) is 2.61. The lowest BCUT2D eigenvalue weighted by atomic mass is 9.73. The van der Waals surface area contributed by atoms with Gasteiger partial charge in [0.15, 0.2) is 6.33 Å². The van der Waals surface area contributed by atoms with Crippen molar-refractivity contribution < 1.29 is 10.2 Å². The van der Waals surface area contributed by atoms with Gasteiger partial charge in [0.05, 0.1) is 11.8 Å². The summed E-state index contributed by atoms with van der Waals surface area (Å²) in [5, 5.41) is 19.4. The van der Waals surface area contributed by atoms with E-state index >= 15 is 0 Å². The van der Waals surface area contributed by atoms with Gasteiger partial charge < -0.3 is 10.2 Å². The normalized spacial score (nSPS) is 32.7. The van der Waals surface area contributed by atoms with E-state index < -0.39 is 11.7 Å². The highest BCUT2D eigenvalue weighted by Gasteiger charge is 2.47. The maximum Gasteiger partial charge on any atom is 0.198 e. The topological polar surface area (TPSA) is 66.2 Å². The molecule has 69 valence electrons. The first-order valence-electron chi connectivity index (χ1n) is 4.25. The van der Waals surface area contributed by atoms with Crippen LogP contribution in [0.5, 0.6) is 0 Å². The summed E-state index contributed by atoms with van der Waals surface area (Å²) in [4.78, 5) is 7.59. The molecule has 2 atom stereocenters. The largest absolute Gasteiger partial charge is 0.390 e. The summed E-state index contributed by atoms with van der Waals surface area (Å²) in [6.07, 6.45) is 4.50. The van der Waals surface area contributed by atoms with E-state index in [2.05, 4.69) is 16.3 Å². The molecule has 0 spiro atoms. The van der Waals surface area contributed by atoms with Crippen LogP contribution in [0.4, 0.5) is 0 Å². The Bertz CT molecular complexity index is 329. The Morgan fingerprint density at radius 3 is 2.92 bits per heavy atom. The second-order valence-electron chi connectivity index (χ2n) is 3.48. The zero-order valence-corrected chi connectivity index (χ0v) is 7.36. The molecule has 1 saturated carbocycles. The Labute approximate surface area is 76.3 Å². The Balaban J connectivity index is 2.40. The van der Waals surface area contributed by atoms with Crippen molar-refractivity contribution in [2.75, 3.05) is 0 Å². The first kappa shape index (κ1) is 8.59. The fourth-order valence-electron chi connectivity index (χ4n) is 1.62. The molecule has 13 heavy (non-hydrogen) atoms. The van der Waals surface area contributed by atoms with E-state index in [0.29, 0.717) is 18.5 Å². The van der Waals surface area contributed by atoms with Gasteiger partial charge in [-0.2, -0.15) is 0 Å². The standard InChI is InChI=1S/C9H11N2O2/c1-6-4-10-5-11-8(6)9(13)3-2-7(9)12/h4,7,12-13H,2-3H2,1H3. The number of rotatable bonds is 1. The lowest BCUT2D eigenvalue weighted by Gasteiger charge is -2.41. The fraction of sp³-hybridized carbons (Fsp3) is 0.556. The number of aromatic nitrogens is 2. The number of hydrogen-bond acceptors (Lipinski definition) is 4. The first-order chi connectivity index (χ1) is 6.14. The number of hydrogen-bond donors (Lipinski definition) is 2. The number of aryl methyl sites for hydroxylation is 1. The third-order valence-corrected chi connectivity index (χ3v) is 2.61. The van der Waals surface area contributed by atoms with Crippen LogP contribution >= 0.6 is 0 Å². The van der Waals surface area contributed by atoms with Crippen LogP contribution in [0.2, 0.25) is 0 Å². The highest BCUT2D eigenvalue weighted by atomic mass is 16.3. The molecule has 2 rings (SSSR count).